The molecule has 0 bridgehead atoms. The average Bonchev–Trinajstić information content (AvgIpc) is 2.64. The number of carbonyl (C=O) groups excluding carboxylic acids is 1. The fourth-order valence-corrected chi connectivity index (χ4v) is 2.43. The fraction of sp³-hybridized carbons (Fsp3) is 0.278. The summed E-state index contributed by atoms with van der Waals surface area (Å²) in [5.41, 5.74) is 9.38. The lowest BCUT2D eigenvalue weighted by molar-refractivity contribution is 0.105. The Morgan fingerprint density at radius 3 is 2.48 bits per heavy atom. The number of aliphatic hydroxyl groups excluding tert-OH is 1. The zero-order chi connectivity index (χ0) is 19.6. The molecule has 7 nitrogen and oxygen atoms in total. The molecule has 0 spiro atoms. The maximum Gasteiger partial charge on any atom is 0.407 e. The number of halogens is 2. The van der Waals surface area contributed by atoms with E-state index in [0.717, 1.165) is 23.8 Å². The van der Waals surface area contributed by atoms with Crippen molar-refractivity contribution >= 4 is 6.09 Å². The maximum absolute atomic E-state index is 13.4. The van der Waals surface area contributed by atoms with Crippen molar-refractivity contribution in [3.8, 4) is 0 Å². The summed E-state index contributed by atoms with van der Waals surface area (Å²) in [5, 5.41) is 15.9. The number of benzene rings is 2. The van der Waals surface area contributed by atoms with Crippen LogP contribution in [0.4, 0.5) is 13.6 Å². The molecule has 0 aliphatic heterocycles. The quantitative estimate of drug-likeness (QED) is 0.418. The minimum absolute atomic E-state index is 0.0143. The highest BCUT2D eigenvalue weighted by Gasteiger charge is 2.22. The Labute approximate surface area is 154 Å². The molecule has 2 aromatic carbocycles. The second-order valence-corrected chi connectivity index (χ2v) is 5.78. The third-order valence-corrected chi connectivity index (χ3v) is 3.69. The van der Waals surface area contributed by atoms with Gasteiger partial charge in [-0.25, -0.2) is 13.6 Å². The Morgan fingerprint density at radius 1 is 1.19 bits per heavy atom. The number of aliphatic hydroxyl groups is 1. The van der Waals surface area contributed by atoms with Crippen LogP contribution in [0.1, 0.15) is 11.1 Å². The van der Waals surface area contributed by atoms with Gasteiger partial charge < -0.3 is 15.2 Å². The largest absolute Gasteiger partial charge is 0.445 e. The number of nitrogens with one attached hydrogen (secondary N) is 1. The lowest BCUT2D eigenvalue weighted by atomic mass is 10.0. The zero-order valence-corrected chi connectivity index (χ0v) is 14.3. The van der Waals surface area contributed by atoms with Crippen LogP contribution in [-0.4, -0.2) is 29.9 Å². The fourth-order valence-electron chi connectivity index (χ4n) is 2.43. The predicted molar refractivity (Wildman–Crippen MR) is 93.6 cm³/mol. The van der Waals surface area contributed by atoms with Gasteiger partial charge in [0.2, 0.25) is 0 Å². The molecule has 1 amide bonds. The topological polar surface area (TPSA) is 107 Å². The van der Waals surface area contributed by atoms with Crippen LogP contribution < -0.4 is 5.32 Å². The Morgan fingerprint density at radius 2 is 1.85 bits per heavy atom. The zero-order valence-electron chi connectivity index (χ0n) is 14.3. The first-order valence-corrected chi connectivity index (χ1v) is 8.09. The average molecular weight is 376 g/mol. The number of alkyl carbamates (subject to hydrolysis) is 1. The van der Waals surface area contributed by atoms with E-state index in [2.05, 4.69) is 15.3 Å². The number of carbonyl (C=O) groups is 1. The van der Waals surface area contributed by atoms with Crippen molar-refractivity contribution in [3.63, 3.8) is 0 Å². The van der Waals surface area contributed by atoms with E-state index in [1.165, 1.54) is 0 Å². The molecule has 27 heavy (non-hydrogen) atoms. The molecule has 0 aromatic heterocycles. The number of amides is 1. The van der Waals surface area contributed by atoms with Gasteiger partial charge in [0.15, 0.2) is 0 Å². The van der Waals surface area contributed by atoms with E-state index in [9.17, 15) is 18.7 Å². The minimum atomic E-state index is -1.27. The van der Waals surface area contributed by atoms with E-state index in [4.69, 9.17) is 10.3 Å². The number of azide groups is 1. The molecule has 142 valence electrons. The van der Waals surface area contributed by atoms with Gasteiger partial charge in [-0.3, -0.25) is 0 Å². The highest BCUT2D eigenvalue weighted by molar-refractivity contribution is 5.67. The van der Waals surface area contributed by atoms with Crippen molar-refractivity contribution in [1.29, 1.82) is 0 Å². The second kappa shape index (κ2) is 10.1. The molecule has 0 saturated carbocycles. The van der Waals surface area contributed by atoms with Gasteiger partial charge in [0, 0.05) is 11.0 Å². The van der Waals surface area contributed by atoms with E-state index in [1.54, 1.807) is 24.3 Å². The molecule has 0 heterocycles. The van der Waals surface area contributed by atoms with E-state index >= 15 is 0 Å². The Hall–Kier alpha value is -3.16. The lowest BCUT2D eigenvalue weighted by Crippen LogP contribution is -2.46. The first kappa shape index (κ1) is 20.2. The van der Waals surface area contributed by atoms with Gasteiger partial charge in [-0.2, -0.15) is 0 Å². The number of hydrogen-bond acceptors (Lipinski definition) is 4. The maximum atomic E-state index is 13.4. The SMILES string of the molecule is [N-]=[N+]=NC[C@@H](O)[C@H](Cc1cc(F)cc(F)c1)NC(=O)OCc1ccccc1. The second-order valence-electron chi connectivity index (χ2n) is 5.78. The minimum Gasteiger partial charge on any atom is -0.445 e. The summed E-state index contributed by atoms with van der Waals surface area (Å²) in [6.07, 6.45) is -2.17. The number of rotatable bonds is 8. The molecule has 0 unspecified atom stereocenters. The monoisotopic (exact) mass is 376 g/mol. The molecule has 0 saturated heterocycles. The van der Waals surface area contributed by atoms with Crippen molar-refractivity contribution in [2.24, 2.45) is 5.11 Å². The van der Waals surface area contributed by atoms with Crippen LogP contribution in [0.25, 0.3) is 10.4 Å². The smallest absolute Gasteiger partial charge is 0.407 e. The van der Waals surface area contributed by atoms with Crippen LogP contribution in [0.15, 0.2) is 53.6 Å². The van der Waals surface area contributed by atoms with Gasteiger partial charge >= 0.3 is 6.09 Å². The van der Waals surface area contributed by atoms with Crippen LogP contribution in [0.3, 0.4) is 0 Å². The Balaban J connectivity index is 2.04. The van der Waals surface area contributed by atoms with Crippen molar-refractivity contribution in [2.45, 2.75) is 25.2 Å². The summed E-state index contributed by atoms with van der Waals surface area (Å²) >= 11 is 0. The molecular formula is C18H18F2N4O3. The van der Waals surface area contributed by atoms with Gasteiger partial charge in [0.1, 0.15) is 18.2 Å². The van der Waals surface area contributed by atoms with Crippen molar-refractivity contribution in [1.82, 2.24) is 5.32 Å². The molecule has 0 radical (unpaired) electrons. The van der Waals surface area contributed by atoms with E-state index in [-0.39, 0.29) is 25.1 Å². The van der Waals surface area contributed by atoms with E-state index < -0.39 is 29.9 Å². The first-order chi connectivity index (χ1) is 13.0. The number of ether oxygens (including phenoxy) is 1. The summed E-state index contributed by atoms with van der Waals surface area (Å²) in [6, 6.07) is 10.9. The third-order valence-electron chi connectivity index (χ3n) is 3.69. The molecular weight excluding hydrogens is 358 g/mol. The highest BCUT2D eigenvalue weighted by Crippen LogP contribution is 2.12. The molecule has 2 atom stereocenters. The summed E-state index contributed by atoms with van der Waals surface area (Å²) in [6.45, 7) is -0.307. The molecule has 0 fully saturated rings. The van der Waals surface area contributed by atoms with Gasteiger partial charge in [-0.15, -0.1) is 0 Å². The van der Waals surface area contributed by atoms with Gasteiger partial charge in [-0.05, 0) is 35.2 Å². The number of hydrogen-bond donors (Lipinski definition) is 2. The number of nitrogens with zero attached hydrogens (tertiary/aromatic N) is 3. The third kappa shape index (κ3) is 6.93. The molecule has 2 N–H and O–H groups in total. The summed E-state index contributed by atoms with van der Waals surface area (Å²) in [7, 11) is 0. The van der Waals surface area contributed by atoms with Crippen molar-refractivity contribution < 1.29 is 23.4 Å². The van der Waals surface area contributed by atoms with Crippen molar-refractivity contribution in [3.05, 3.63) is 81.7 Å². The molecule has 2 rings (SSSR count). The molecule has 9 heteroatoms. The van der Waals surface area contributed by atoms with Gasteiger partial charge in [-0.1, -0.05) is 35.4 Å². The van der Waals surface area contributed by atoms with Gasteiger partial charge in [0.05, 0.1) is 18.7 Å². The van der Waals surface area contributed by atoms with Crippen LogP contribution in [0, 0.1) is 11.6 Å². The van der Waals surface area contributed by atoms with E-state index in [0.29, 0.717) is 0 Å². The van der Waals surface area contributed by atoms with E-state index in [1.807, 2.05) is 6.07 Å². The van der Waals surface area contributed by atoms with Crippen LogP contribution in [0.5, 0.6) is 0 Å². The van der Waals surface area contributed by atoms with Crippen molar-refractivity contribution in [2.75, 3.05) is 6.54 Å². The molecule has 0 aliphatic carbocycles. The summed E-state index contributed by atoms with van der Waals surface area (Å²) in [4.78, 5) is 14.6. The van der Waals surface area contributed by atoms with Crippen LogP contribution in [-0.2, 0) is 17.8 Å². The van der Waals surface area contributed by atoms with Gasteiger partial charge in [0.25, 0.3) is 0 Å². The molecule has 0 aliphatic rings. The highest BCUT2D eigenvalue weighted by atomic mass is 19.1. The Bertz CT molecular complexity index is 793. The molecule has 2 aromatic rings. The first-order valence-electron chi connectivity index (χ1n) is 8.09. The predicted octanol–water partition coefficient (Wildman–Crippen LogP) is 3.47. The van der Waals surface area contributed by atoms with Crippen LogP contribution >= 0.6 is 0 Å². The van der Waals surface area contributed by atoms with Crippen LogP contribution in [0.2, 0.25) is 0 Å². The summed E-state index contributed by atoms with van der Waals surface area (Å²) in [5.74, 6) is -1.56. The normalized spacial score (nSPS) is 12.6. The summed E-state index contributed by atoms with van der Waals surface area (Å²) < 4.78 is 31.8. The lowest BCUT2D eigenvalue weighted by Gasteiger charge is -2.23. The standard InChI is InChI=1S/C18H18F2N4O3/c19-14-6-13(7-15(20)9-14)8-16(17(25)10-22-24-21)23-18(26)27-11-12-4-2-1-3-5-12/h1-7,9,16-17,25H,8,10-11H2,(H,23,26)/t16-,17+/m0/s1. The Kier molecular flexibility index (Phi) is 7.54.